The van der Waals surface area contributed by atoms with Gasteiger partial charge < -0.3 is 30.7 Å². The number of carbonyl (C=O) groups is 1. The van der Waals surface area contributed by atoms with Crippen molar-refractivity contribution in [3.05, 3.63) is 71.3 Å². The second-order valence-electron chi connectivity index (χ2n) is 8.73. The molecule has 0 bridgehead atoms. The van der Waals surface area contributed by atoms with Gasteiger partial charge in [-0.25, -0.2) is 9.97 Å². The Hall–Kier alpha value is -4.42. The Kier molecular flexibility index (Phi) is 6.04. The van der Waals surface area contributed by atoms with Crippen molar-refractivity contribution in [2.45, 2.75) is 32.0 Å². The fourth-order valence-electron chi connectivity index (χ4n) is 3.66. The van der Waals surface area contributed by atoms with Crippen LogP contribution in [0, 0.1) is 0 Å². The molecule has 1 atom stereocenters. The highest BCUT2D eigenvalue weighted by molar-refractivity contribution is 5.97. The lowest BCUT2D eigenvalue weighted by atomic mass is 10.1. The van der Waals surface area contributed by atoms with Crippen molar-refractivity contribution in [3.63, 3.8) is 0 Å². The summed E-state index contributed by atoms with van der Waals surface area (Å²) in [5, 5.41) is 33.2. The van der Waals surface area contributed by atoms with Gasteiger partial charge in [0.2, 0.25) is 11.8 Å². The normalized spacial score (nSPS) is 13.7. The number of anilines is 3. The maximum Gasteiger partial charge on any atom is 0.263 e. The van der Waals surface area contributed by atoms with Gasteiger partial charge in [0, 0.05) is 6.20 Å². The first-order valence-electron chi connectivity index (χ1n) is 11.2. The van der Waals surface area contributed by atoms with Crippen LogP contribution in [-0.2, 0) is 12.1 Å². The van der Waals surface area contributed by atoms with E-state index in [0.717, 1.165) is 5.56 Å². The predicted octanol–water partition coefficient (Wildman–Crippen LogP) is 2.28. The molecular weight excluding hydrogens is 464 g/mol. The number of carbonyl (C=O) groups excluding carboxylic acids is 1. The van der Waals surface area contributed by atoms with Crippen molar-refractivity contribution in [1.82, 2.24) is 30.4 Å². The molecule has 0 saturated carbocycles. The summed E-state index contributed by atoms with van der Waals surface area (Å²) in [5.41, 5.74) is 1.10. The highest BCUT2D eigenvalue weighted by atomic mass is 16.5. The van der Waals surface area contributed by atoms with Gasteiger partial charge in [0.1, 0.15) is 22.8 Å². The number of fused-ring (bicyclic) bond motifs is 1. The molecule has 0 fully saturated rings. The summed E-state index contributed by atoms with van der Waals surface area (Å²) >= 11 is 0. The third-order valence-corrected chi connectivity index (χ3v) is 5.56. The highest BCUT2D eigenvalue weighted by Gasteiger charge is 2.26. The van der Waals surface area contributed by atoms with Crippen LogP contribution in [0.15, 0.2) is 53.2 Å². The predicted molar refractivity (Wildman–Crippen MR) is 129 cm³/mol. The van der Waals surface area contributed by atoms with E-state index in [2.05, 4.69) is 41.0 Å². The van der Waals surface area contributed by atoms with Gasteiger partial charge in [-0.3, -0.25) is 4.79 Å². The molecule has 0 radical (unpaired) electrons. The molecule has 184 valence electrons. The number of hydrogen-bond acceptors (Lipinski definition) is 11. The summed E-state index contributed by atoms with van der Waals surface area (Å²) in [7, 11) is 0. The van der Waals surface area contributed by atoms with Gasteiger partial charge in [-0.2, -0.15) is 9.97 Å². The maximum atomic E-state index is 11.8. The van der Waals surface area contributed by atoms with E-state index in [-0.39, 0.29) is 30.2 Å². The largest absolute Gasteiger partial charge is 0.394 e. The van der Waals surface area contributed by atoms with Gasteiger partial charge >= 0.3 is 0 Å². The van der Waals surface area contributed by atoms with Gasteiger partial charge in [-0.1, -0.05) is 35.5 Å². The quantitative estimate of drug-likeness (QED) is 0.246. The van der Waals surface area contributed by atoms with Gasteiger partial charge in [0.15, 0.2) is 0 Å². The number of pyridine rings is 1. The molecule has 0 saturated heterocycles. The number of nitrogens with zero attached hydrogens (tertiary/aromatic N) is 5. The summed E-state index contributed by atoms with van der Waals surface area (Å²) in [4.78, 5) is 29.5. The highest BCUT2D eigenvalue weighted by Crippen LogP contribution is 2.31. The molecule has 0 unspecified atom stereocenters. The number of nitrogens with one attached hydrogen (secondary N) is 3. The Morgan fingerprint density at radius 2 is 1.92 bits per heavy atom. The number of benzene rings is 1. The topological polar surface area (TPSA) is 171 Å². The molecule has 12 nitrogen and oxygen atoms in total. The van der Waals surface area contributed by atoms with E-state index in [1.54, 1.807) is 26.0 Å². The summed E-state index contributed by atoms with van der Waals surface area (Å²) < 4.78 is 5.38. The molecule has 5 N–H and O–H groups in total. The summed E-state index contributed by atoms with van der Waals surface area (Å²) in [5.74, 6) is 1.06. The van der Waals surface area contributed by atoms with Gasteiger partial charge in [-0.05, 0) is 31.5 Å². The molecule has 0 aliphatic carbocycles. The lowest BCUT2D eigenvalue weighted by Gasteiger charge is -2.19. The first-order chi connectivity index (χ1) is 17.3. The Labute approximate surface area is 205 Å². The van der Waals surface area contributed by atoms with Crippen molar-refractivity contribution < 1.29 is 19.5 Å². The van der Waals surface area contributed by atoms with Gasteiger partial charge in [0.25, 0.3) is 11.8 Å². The molecule has 1 aromatic carbocycles. The summed E-state index contributed by atoms with van der Waals surface area (Å²) in [6.07, 6.45) is 1.50. The first kappa shape index (κ1) is 23.3. The maximum absolute atomic E-state index is 11.8. The van der Waals surface area contributed by atoms with Gasteiger partial charge in [-0.15, -0.1) is 0 Å². The van der Waals surface area contributed by atoms with Crippen molar-refractivity contribution in [1.29, 1.82) is 0 Å². The van der Waals surface area contributed by atoms with E-state index in [1.165, 1.54) is 6.20 Å². The number of aliphatic hydroxyl groups excluding tert-OH is 1. The average Bonchev–Trinajstić information content (AvgIpc) is 3.51. The van der Waals surface area contributed by atoms with Gasteiger partial charge in [0.05, 0.1) is 30.5 Å². The molecule has 4 aromatic rings. The summed E-state index contributed by atoms with van der Waals surface area (Å²) in [6.45, 7) is 3.25. The van der Waals surface area contributed by atoms with E-state index in [0.29, 0.717) is 35.0 Å². The van der Waals surface area contributed by atoms with Crippen LogP contribution in [-0.4, -0.2) is 47.8 Å². The fraction of sp³-hybridized carbons (Fsp3) is 0.250. The van der Waals surface area contributed by atoms with Crippen molar-refractivity contribution in [3.8, 4) is 11.5 Å². The minimum atomic E-state index is -1.30. The van der Waals surface area contributed by atoms with E-state index in [1.807, 2.05) is 30.3 Å². The zero-order valence-electron chi connectivity index (χ0n) is 19.6. The van der Waals surface area contributed by atoms with Crippen LogP contribution < -0.4 is 16.0 Å². The molecule has 1 aliphatic heterocycles. The number of hydrogen-bond donors (Lipinski definition) is 5. The molecule has 4 heterocycles. The standard InChI is InChI=1S/C24H24N8O4/c1-24(2,35)22-31-21(36-32-22)15-10-26-23(29-18-9-8-14-16(27-18)11-25-20(14)34)30-19(15)28-17(12-33)13-6-4-3-5-7-13/h3-10,17,33,35H,11-12H2,1-2H3,(H,25,34)(H2,26,27,28,29,30)/t17-/m1/s1. The molecule has 3 aromatic heterocycles. The Balaban J connectivity index is 1.50. The zero-order chi connectivity index (χ0) is 25.3. The average molecular weight is 489 g/mol. The van der Waals surface area contributed by atoms with E-state index in [9.17, 15) is 15.0 Å². The lowest BCUT2D eigenvalue weighted by molar-refractivity contribution is 0.0661. The molecule has 1 aliphatic rings. The lowest BCUT2D eigenvalue weighted by Crippen LogP contribution is -2.18. The smallest absolute Gasteiger partial charge is 0.263 e. The molecule has 36 heavy (non-hydrogen) atoms. The van der Waals surface area contributed by atoms with Crippen LogP contribution in [0.5, 0.6) is 0 Å². The van der Waals surface area contributed by atoms with Crippen LogP contribution in [0.3, 0.4) is 0 Å². The Morgan fingerprint density at radius 1 is 1.11 bits per heavy atom. The molecule has 0 spiro atoms. The minimum Gasteiger partial charge on any atom is -0.394 e. The first-order valence-corrected chi connectivity index (χ1v) is 11.2. The van der Waals surface area contributed by atoms with E-state index in [4.69, 9.17) is 4.52 Å². The van der Waals surface area contributed by atoms with Crippen LogP contribution in [0.1, 0.15) is 47.3 Å². The minimum absolute atomic E-state index is 0.103. The number of aliphatic hydroxyl groups is 2. The van der Waals surface area contributed by atoms with Crippen LogP contribution in [0.25, 0.3) is 11.5 Å². The summed E-state index contributed by atoms with van der Waals surface area (Å²) in [6, 6.07) is 12.3. The van der Waals surface area contributed by atoms with E-state index < -0.39 is 11.6 Å². The molecule has 5 rings (SSSR count). The Bertz CT molecular complexity index is 1400. The van der Waals surface area contributed by atoms with E-state index >= 15 is 0 Å². The number of amides is 1. The molecule has 1 amide bonds. The number of aromatic nitrogens is 5. The zero-order valence-corrected chi connectivity index (χ0v) is 19.6. The van der Waals surface area contributed by atoms with Crippen LogP contribution >= 0.6 is 0 Å². The monoisotopic (exact) mass is 488 g/mol. The SMILES string of the molecule is CC(C)(O)c1noc(-c2cnc(Nc3ccc4c(n3)CNC4=O)nc2N[C@H](CO)c2ccccc2)n1. The van der Waals surface area contributed by atoms with Crippen LogP contribution in [0.2, 0.25) is 0 Å². The number of rotatable bonds is 8. The fourth-order valence-corrected chi connectivity index (χ4v) is 3.66. The second-order valence-corrected chi connectivity index (χ2v) is 8.73. The third-order valence-electron chi connectivity index (χ3n) is 5.56. The van der Waals surface area contributed by atoms with Crippen molar-refractivity contribution in [2.24, 2.45) is 0 Å². The third kappa shape index (κ3) is 4.72. The molecular formula is C24H24N8O4. The van der Waals surface area contributed by atoms with Crippen molar-refractivity contribution in [2.75, 3.05) is 17.2 Å². The van der Waals surface area contributed by atoms with Crippen molar-refractivity contribution >= 4 is 23.5 Å². The molecule has 12 heteroatoms. The Morgan fingerprint density at radius 3 is 2.64 bits per heavy atom. The second kappa shape index (κ2) is 9.32. The van der Waals surface area contributed by atoms with Crippen LogP contribution in [0.4, 0.5) is 17.6 Å².